The third-order valence-electron chi connectivity index (χ3n) is 2.45. The SMILES string of the molecule is CNC(c1ccc(C)o1)c1ccncc1F. The Morgan fingerprint density at radius 2 is 2.19 bits per heavy atom. The number of furan rings is 1. The topological polar surface area (TPSA) is 38.1 Å². The number of aryl methyl sites for hydroxylation is 1. The molecule has 0 fully saturated rings. The van der Waals surface area contributed by atoms with Gasteiger partial charge in [0.1, 0.15) is 17.3 Å². The summed E-state index contributed by atoms with van der Waals surface area (Å²) >= 11 is 0. The number of nitrogens with one attached hydrogen (secondary N) is 1. The average Bonchev–Trinajstić information content (AvgIpc) is 2.69. The summed E-state index contributed by atoms with van der Waals surface area (Å²) in [5.74, 6) is 1.17. The lowest BCUT2D eigenvalue weighted by Crippen LogP contribution is -2.18. The maximum Gasteiger partial charge on any atom is 0.146 e. The number of halogens is 1. The van der Waals surface area contributed by atoms with Crippen LogP contribution < -0.4 is 5.32 Å². The zero-order valence-corrected chi connectivity index (χ0v) is 9.20. The summed E-state index contributed by atoms with van der Waals surface area (Å²) in [6.07, 6.45) is 2.77. The molecule has 0 amide bonds. The van der Waals surface area contributed by atoms with Gasteiger partial charge in [-0.05, 0) is 32.2 Å². The normalized spacial score (nSPS) is 12.7. The molecule has 2 aromatic rings. The van der Waals surface area contributed by atoms with Crippen LogP contribution in [0.2, 0.25) is 0 Å². The number of aromatic nitrogens is 1. The van der Waals surface area contributed by atoms with E-state index in [0.29, 0.717) is 11.3 Å². The fraction of sp³-hybridized carbons (Fsp3) is 0.250. The van der Waals surface area contributed by atoms with Gasteiger partial charge in [-0.1, -0.05) is 0 Å². The molecule has 1 unspecified atom stereocenters. The monoisotopic (exact) mass is 220 g/mol. The molecule has 0 saturated heterocycles. The number of nitrogens with zero attached hydrogens (tertiary/aromatic N) is 1. The molecule has 84 valence electrons. The summed E-state index contributed by atoms with van der Waals surface area (Å²) < 4.78 is 19.1. The Labute approximate surface area is 93.3 Å². The van der Waals surface area contributed by atoms with E-state index in [9.17, 15) is 4.39 Å². The van der Waals surface area contributed by atoms with Crippen LogP contribution in [-0.2, 0) is 0 Å². The number of rotatable bonds is 3. The van der Waals surface area contributed by atoms with E-state index in [0.717, 1.165) is 5.76 Å². The summed E-state index contributed by atoms with van der Waals surface area (Å²) in [5.41, 5.74) is 0.534. The molecule has 2 heterocycles. The van der Waals surface area contributed by atoms with E-state index in [1.54, 1.807) is 19.3 Å². The second-order valence-corrected chi connectivity index (χ2v) is 3.57. The molecule has 4 heteroatoms. The first kappa shape index (κ1) is 10.8. The first-order chi connectivity index (χ1) is 7.72. The van der Waals surface area contributed by atoms with Crippen molar-refractivity contribution in [1.29, 1.82) is 0 Å². The van der Waals surface area contributed by atoms with E-state index in [2.05, 4.69) is 10.3 Å². The maximum absolute atomic E-state index is 13.6. The highest BCUT2D eigenvalue weighted by atomic mass is 19.1. The van der Waals surface area contributed by atoms with Crippen molar-refractivity contribution in [2.24, 2.45) is 0 Å². The van der Waals surface area contributed by atoms with Crippen molar-refractivity contribution in [3.63, 3.8) is 0 Å². The van der Waals surface area contributed by atoms with Crippen LogP contribution in [0.25, 0.3) is 0 Å². The van der Waals surface area contributed by atoms with E-state index in [1.807, 2.05) is 19.1 Å². The number of hydrogen-bond acceptors (Lipinski definition) is 3. The molecule has 1 atom stereocenters. The van der Waals surface area contributed by atoms with Crippen LogP contribution in [0.4, 0.5) is 4.39 Å². The predicted octanol–water partition coefficient (Wildman–Crippen LogP) is 2.43. The number of hydrogen-bond donors (Lipinski definition) is 1. The van der Waals surface area contributed by atoms with Crippen LogP contribution in [0, 0.1) is 12.7 Å². The molecule has 0 aliphatic heterocycles. The predicted molar refractivity (Wildman–Crippen MR) is 58.5 cm³/mol. The van der Waals surface area contributed by atoms with Crippen LogP contribution in [0.3, 0.4) is 0 Å². The standard InChI is InChI=1S/C12H13FN2O/c1-8-3-4-11(16-8)12(14-2)9-5-6-15-7-10(9)13/h3-7,12,14H,1-2H3. The van der Waals surface area contributed by atoms with Crippen molar-refractivity contribution < 1.29 is 8.81 Å². The molecule has 0 aliphatic rings. The van der Waals surface area contributed by atoms with Crippen molar-refractivity contribution in [3.05, 3.63) is 53.5 Å². The summed E-state index contributed by atoms with van der Waals surface area (Å²) in [6, 6.07) is 5.07. The molecule has 2 rings (SSSR count). The fourth-order valence-electron chi connectivity index (χ4n) is 1.68. The molecule has 0 radical (unpaired) electrons. The van der Waals surface area contributed by atoms with Gasteiger partial charge in [0.15, 0.2) is 0 Å². The van der Waals surface area contributed by atoms with Crippen LogP contribution in [0.15, 0.2) is 35.0 Å². The Kier molecular flexibility index (Phi) is 3.01. The van der Waals surface area contributed by atoms with Gasteiger partial charge in [0, 0.05) is 11.8 Å². The van der Waals surface area contributed by atoms with Gasteiger partial charge in [-0.15, -0.1) is 0 Å². The molecular weight excluding hydrogens is 207 g/mol. The molecule has 0 bridgehead atoms. The van der Waals surface area contributed by atoms with Gasteiger partial charge < -0.3 is 9.73 Å². The fourth-order valence-corrected chi connectivity index (χ4v) is 1.68. The lowest BCUT2D eigenvalue weighted by molar-refractivity contribution is 0.435. The first-order valence-electron chi connectivity index (χ1n) is 5.05. The lowest BCUT2D eigenvalue weighted by atomic mass is 10.1. The Hall–Kier alpha value is -1.68. The zero-order valence-electron chi connectivity index (χ0n) is 9.20. The zero-order chi connectivity index (χ0) is 11.5. The van der Waals surface area contributed by atoms with Crippen LogP contribution in [0.5, 0.6) is 0 Å². The van der Waals surface area contributed by atoms with Crippen molar-refractivity contribution in [1.82, 2.24) is 10.3 Å². The highest BCUT2D eigenvalue weighted by Gasteiger charge is 2.18. The third-order valence-corrected chi connectivity index (χ3v) is 2.45. The molecule has 3 nitrogen and oxygen atoms in total. The van der Waals surface area contributed by atoms with Gasteiger partial charge in [0.25, 0.3) is 0 Å². The summed E-state index contributed by atoms with van der Waals surface area (Å²) in [4.78, 5) is 3.73. The molecule has 2 aromatic heterocycles. The minimum Gasteiger partial charge on any atom is -0.464 e. The Morgan fingerprint density at radius 3 is 2.75 bits per heavy atom. The quantitative estimate of drug-likeness (QED) is 0.863. The van der Waals surface area contributed by atoms with Gasteiger partial charge >= 0.3 is 0 Å². The van der Waals surface area contributed by atoms with Crippen molar-refractivity contribution in [2.75, 3.05) is 7.05 Å². The van der Waals surface area contributed by atoms with Gasteiger partial charge in [-0.3, -0.25) is 4.98 Å². The van der Waals surface area contributed by atoms with Crippen molar-refractivity contribution >= 4 is 0 Å². The second-order valence-electron chi connectivity index (χ2n) is 3.57. The third kappa shape index (κ3) is 1.97. The van der Waals surface area contributed by atoms with E-state index >= 15 is 0 Å². The first-order valence-corrected chi connectivity index (χ1v) is 5.05. The Balaban J connectivity index is 2.40. The highest BCUT2D eigenvalue weighted by Crippen LogP contribution is 2.24. The van der Waals surface area contributed by atoms with Gasteiger partial charge in [0.2, 0.25) is 0 Å². The van der Waals surface area contributed by atoms with E-state index in [-0.39, 0.29) is 11.9 Å². The van der Waals surface area contributed by atoms with Crippen LogP contribution >= 0.6 is 0 Å². The second kappa shape index (κ2) is 4.45. The number of pyridine rings is 1. The molecular formula is C12H13FN2O. The van der Waals surface area contributed by atoms with Gasteiger partial charge in [-0.25, -0.2) is 4.39 Å². The molecule has 0 aliphatic carbocycles. The lowest BCUT2D eigenvalue weighted by Gasteiger charge is -2.14. The van der Waals surface area contributed by atoms with Crippen LogP contribution in [0.1, 0.15) is 23.1 Å². The van der Waals surface area contributed by atoms with E-state index in [4.69, 9.17) is 4.42 Å². The Bertz CT molecular complexity index is 481. The smallest absolute Gasteiger partial charge is 0.146 e. The van der Waals surface area contributed by atoms with E-state index < -0.39 is 0 Å². The van der Waals surface area contributed by atoms with Crippen LogP contribution in [-0.4, -0.2) is 12.0 Å². The molecule has 16 heavy (non-hydrogen) atoms. The summed E-state index contributed by atoms with van der Waals surface area (Å²) in [6.45, 7) is 1.86. The minimum atomic E-state index is -0.337. The molecule has 0 spiro atoms. The summed E-state index contributed by atoms with van der Waals surface area (Å²) in [5, 5.41) is 3.03. The van der Waals surface area contributed by atoms with Gasteiger partial charge in [0.05, 0.1) is 12.2 Å². The maximum atomic E-state index is 13.6. The average molecular weight is 220 g/mol. The van der Waals surface area contributed by atoms with Gasteiger partial charge in [-0.2, -0.15) is 0 Å². The highest BCUT2D eigenvalue weighted by molar-refractivity contribution is 5.26. The molecule has 1 N–H and O–H groups in total. The Morgan fingerprint density at radius 1 is 1.38 bits per heavy atom. The van der Waals surface area contributed by atoms with Crippen molar-refractivity contribution in [3.8, 4) is 0 Å². The van der Waals surface area contributed by atoms with Crippen molar-refractivity contribution in [2.45, 2.75) is 13.0 Å². The largest absolute Gasteiger partial charge is 0.464 e. The summed E-state index contributed by atoms with van der Waals surface area (Å²) in [7, 11) is 1.77. The molecule has 0 aromatic carbocycles. The minimum absolute atomic E-state index is 0.281. The van der Waals surface area contributed by atoms with E-state index in [1.165, 1.54) is 6.20 Å². The molecule has 0 saturated carbocycles.